The first kappa shape index (κ1) is 17.9. The van der Waals surface area contributed by atoms with Crippen LogP contribution in [0, 0.1) is 6.92 Å². The molecule has 130 valence electrons. The van der Waals surface area contributed by atoms with Gasteiger partial charge in [0, 0.05) is 0 Å². The summed E-state index contributed by atoms with van der Waals surface area (Å²) in [6.45, 7) is 3.78. The zero-order valence-electron chi connectivity index (χ0n) is 14.7. The van der Waals surface area contributed by atoms with Gasteiger partial charge in [0.15, 0.2) is 0 Å². The predicted octanol–water partition coefficient (Wildman–Crippen LogP) is 5.47. The number of nitrogens with zero attached hydrogens (tertiary/aromatic N) is 1. The zero-order valence-corrected chi connectivity index (χ0v) is 15.4. The lowest BCUT2D eigenvalue weighted by Gasteiger charge is -2.06. The average molecular weight is 363 g/mol. The van der Waals surface area contributed by atoms with Crippen molar-refractivity contribution in [1.82, 2.24) is 5.43 Å². The lowest BCUT2D eigenvalue weighted by molar-refractivity contribution is 0.0955. The molecule has 1 amide bonds. The van der Waals surface area contributed by atoms with Crippen molar-refractivity contribution >= 4 is 23.2 Å². The predicted molar refractivity (Wildman–Crippen MR) is 108 cm³/mol. The summed E-state index contributed by atoms with van der Waals surface area (Å²) >= 11 is 6.12. The fourth-order valence-corrected chi connectivity index (χ4v) is 2.92. The quantitative estimate of drug-likeness (QED) is 0.485. The summed E-state index contributed by atoms with van der Waals surface area (Å²) in [5.74, 6) is -0.324. The standard InChI is InChI=1S/C22H19ClN2O/c1-15-8-13-20(21(23)14-15)22(26)25-24-16(2)17-9-11-19(12-10-17)18-6-4-3-5-7-18/h3-14H,1-2H3,(H,25,26)/b24-16-. The topological polar surface area (TPSA) is 41.5 Å². The molecule has 0 heterocycles. The van der Waals surface area contributed by atoms with Crippen LogP contribution >= 0.6 is 11.6 Å². The molecule has 3 rings (SSSR count). The molecule has 0 aliphatic heterocycles. The lowest BCUT2D eigenvalue weighted by Crippen LogP contribution is -2.19. The Morgan fingerprint density at radius 3 is 2.23 bits per heavy atom. The van der Waals surface area contributed by atoms with Crippen LogP contribution in [0.25, 0.3) is 11.1 Å². The van der Waals surface area contributed by atoms with E-state index in [1.54, 1.807) is 12.1 Å². The minimum Gasteiger partial charge on any atom is -0.267 e. The maximum Gasteiger partial charge on any atom is 0.272 e. The van der Waals surface area contributed by atoms with E-state index in [0.717, 1.165) is 28.0 Å². The number of amides is 1. The molecule has 3 aromatic carbocycles. The van der Waals surface area contributed by atoms with Gasteiger partial charge in [-0.1, -0.05) is 72.3 Å². The number of hydrogen-bond acceptors (Lipinski definition) is 2. The van der Waals surface area contributed by atoms with Crippen LogP contribution in [0.2, 0.25) is 5.02 Å². The van der Waals surface area contributed by atoms with Crippen LogP contribution in [0.5, 0.6) is 0 Å². The van der Waals surface area contributed by atoms with Crippen LogP contribution in [0.3, 0.4) is 0 Å². The molecule has 0 saturated carbocycles. The molecule has 0 radical (unpaired) electrons. The van der Waals surface area contributed by atoms with Crippen LogP contribution in [0.4, 0.5) is 0 Å². The number of carbonyl (C=O) groups is 1. The van der Waals surface area contributed by atoms with E-state index in [1.165, 1.54) is 0 Å². The molecule has 3 nitrogen and oxygen atoms in total. The first-order valence-electron chi connectivity index (χ1n) is 8.31. The van der Waals surface area contributed by atoms with Crippen LogP contribution < -0.4 is 5.43 Å². The Labute approximate surface area is 158 Å². The van der Waals surface area contributed by atoms with Crippen molar-refractivity contribution in [3.8, 4) is 11.1 Å². The van der Waals surface area contributed by atoms with Gasteiger partial charge in [-0.05, 0) is 48.2 Å². The fraction of sp³-hybridized carbons (Fsp3) is 0.0909. The monoisotopic (exact) mass is 362 g/mol. The van der Waals surface area contributed by atoms with Gasteiger partial charge in [-0.25, -0.2) is 5.43 Å². The van der Waals surface area contributed by atoms with Gasteiger partial charge in [-0.2, -0.15) is 5.10 Å². The molecule has 0 aromatic heterocycles. The number of carbonyl (C=O) groups excluding carboxylic acids is 1. The SMILES string of the molecule is C/C(=N/NC(=O)c1ccc(C)cc1Cl)c1ccc(-c2ccccc2)cc1. The van der Waals surface area contributed by atoms with E-state index in [-0.39, 0.29) is 5.91 Å². The van der Waals surface area contributed by atoms with Crippen molar-refractivity contribution in [2.45, 2.75) is 13.8 Å². The van der Waals surface area contributed by atoms with E-state index in [1.807, 2.05) is 62.4 Å². The first-order chi connectivity index (χ1) is 12.5. The third kappa shape index (κ3) is 4.19. The molecule has 0 saturated heterocycles. The number of nitrogens with one attached hydrogen (secondary N) is 1. The Morgan fingerprint density at radius 1 is 0.923 bits per heavy atom. The minimum atomic E-state index is -0.324. The van der Waals surface area contributed by atoms with E-state index in [2.05, 4.69) is 22.7 Å². The highest BCUT2D eigenvalue weighted by molar-refractivity contribution is 6.33. The third-order valence-corrected chi connectivity index (χ3v) is 4.42. The third-order valence-electron chi connectivity index (χ3n) is 4.10. The second kappa shape index (κ2) is 7.98. The highest BCUT2D eigenvalue weighted by Crippen LogP contribution is 2.20. The second-order valence-corrected chi connectivity index (χ2v) is 6.47. The summed E-state index contributed by atoms with van der Waals surface area (Å²) in [6, 6.07) is 23.6. The van der Waals surface area contributed by atoms with Crippen molar-refractivity contribution < 1.29 is 4.79 Å². The maximum atomic E-state index is 12.2. The Bertz CT molecular complexity index is 948. The smallest absolute Gasteiger partial charge is 0.267 e. The van der Waals surface area contributed by atoms with Gasteiger partial charge in [-0.15, -0.1) is 0 Å². The maximum absolute atomic E-state index is 12.2. The number of aryl methyl sites for hydroxylation is 1. The summed E-state index contributed by atoms with van der Waals surface area (Å²) in [7, 11) is 0. The molecule has 0 atom stereocenters. The van der Waals surface area contributed by atoms with Gasteiger partial charge in [0.1, 0.15) is 0 Å². The molecule has 0 spiro atoms. The summed E-state index contributed by atoms with van der Waals surface area (Å²) < 4.78 is 0. The van der Waals surface area contributed by atoms with E-state index in [0.29, 0.717) is 10.6 Å². The number of hydrogen-bond donors (Lipinski definition) is 1. The highest BCUT2D eigenvalue weighted by atomic mass is 35.5. The molecule has 3 aromatic rings. The molecule has 0 bridgehead atoms. The molecular formula is C22H19ClN2O. The summed E-state index contributed by atoms with van der Waals surface area (Å²) in [4.78, 5) is 12.2. The van der Waals surface area contributed by atoms with Gasteiger partial charge in [0.05, 0.1) is 16.3 Å². The molecule has 4 heteroatoms. The fourth-order valence-electron chi connectivity index (χ4n) is 2.60. The van der Waals surface area contributed by atoms with Crippen molar-refractivity contribution in [3.63, 3.8) is 0 Å². The number of hydrazone groups is 1. The summed E-state index contributed by atoms with van der Waals surface area (Å²) in [5, 5.41) is 4.61. The lowest BCUT2D eigenvalue weighted by atomic mass is 10.0. The van der Waals surface area contributed by atoms with Gasteiger partial charge in [-0.3, -0.25) is 4.79 Å². The minimum absolute atomic E-state index is 0.324. The molecule has 1 N–H and O–H groups in total. The molecule has 0 fully saturated rings. The second-order valence-electron chi connectivity index (χ2n) is 6.06. The number of halogens is 1. The Balaban J connectivity index is 1.72. The Morgan fingerprint density at radius 2 is 1.58 bits per heavy atom. The normalized spacial score (nSPS) is 11.3. The van der Waals surface area contributed by atoms with E-state index in [4.69, 9.17) is 11.6 Å². The van der Waals surface area contributed by atoms with Crippen molar-refractivity contribution in [1.29, 1.82) is 0 Å². The highest BCUT2D eigenvalue weighted by Gasteiger charge is 2.10. The molecular weight excluding hydrogens is 344 g/mol. The molecule has 0 unspecified atom stereocenters. The van der Waals surface area contributed by atoms with E-state index >= 15 is 0 Å². The van der Waals surface area contributed by atoms with Crippen molar-refractivity contribution in [2.24, 2.45) is 5.10 Å². The Kier molecular flexibility index (Phi) is 5.49. The van der Waals surface area contributed by atoms with Gasteiger partial charge >= 0.3 is 0 Å². The van der Waals surface area contributed by atoms with Crippen LogP contribution in [-0.2, 0) is 0 Å². The molecule has 0 aliphatic carbocycles. The van der Waals surface area contributed by atoms with E-state index < -0.39 is 0 Å². The van der Waals surface area contributed by atoms with E-state index in [9.17, 15) is 4.79 Å². The average Bonchev–Trinajstić information content (AvgIpc) is 2.66. The van der Waals surface area contributed by atoms with Crippen LogP contribution in [0.1, 0.15) is 28.4 Å². The number of rotatable bonds is 4. The van der Waals surface area contributed by atoms with Crippen molar-refractivity contribution in [2.75, 3.05) is 0 Å². The molecule has 26 heavy (non-hydrogen) atoms. The summed E-state index contributed by atoms with van der Waals surface area (Å²) in [5.41, 5.74) is 7.95. The largest absolute Gasteiger partial charge is 0.272 e. The zero-order chi connectivity index (χ0) is 18.5. The van der Waals surface area contributed by atoms with Crippen molar-refractivity contribution in [3.05, 3.63) is 94.5 Å². The number of benzene rings is 3. The van der Waals surface area contributed by atoms with Gasteiger partial charge < -0.3 is 0 Å². The van der Waals surface area contributed by atoms with Gasteiger partial charge in [0.2, 0.25) is 0 Å². The molecule has 0 aliphatic rings. The van der Waals surface area contributed by atoms with Crippen LogP contribution in [0.15, 0.2) is 77.9 Å². The van der Waals surface area contributed by atoms with Crippen LogP contribution in [-0.4, -0.2) is 11.6 Å². The first-order valence-corrected chi connectivity index (χ1v) is 8.69. The van der Waals surface area contributed by atoms with Gasteiger partial charge in [0.25, 0.3) is 5.91 Å². The summed E-state index contributed by atoms with van der Waals surface area (Å²) in [6.07, 6.45) is 0. The Hall–Kier alpha value is -2.91.